The molecule has 0 aliphatic heterocycles. The van der Waals surface area contributed by atoms with E-state index in [0.717, 1.165) is 16.0 Å². The summed E-state index contributed by atoms with van der Waals surface area (Å²) >= 11 is 2.87. The van der Waals surface area contributed by atoms with E-state index in [1.807, 2.05) is 35.7 Å². The van der Waals surface area contributed by atoms with Crippen molar-refractivity contribution in [2.24, 2.45) is 0 Å². The minimum Gasteiger partial charge on any atom is -0.481 e. The first-order valence-electron chi connectivity index (χ1n) is 7.60. The van der Waals surface area contributed by atoms with Crippen molar-refractivity contribution in [3.63, 3.8) is 0 Å². The molecule has 0 unspecified atom stereocenters. The Kier molecular flexibility index (Phi) is 5.51. The van der Waals surface area contributed by atoms with Crippen molar-refractivity contribution < 1.29 is 9.90 Å². The Balaban J connectivity index is 1.83. The van der Waals surface area contributed by atoms with E-state index < -0.39 is 5.97 Å². The van der Waals surface area contributed by atoms with E-state index in [-0.39, 0.29) is 17.8 Å². The van der Waals surface area contributed by atoms with E-state index in [1.54, 1.807) is 6.07 Å². The van der Waals surface area contributed by atoms with Gasteiger partial charge in [-0.2, -0.15) is 5.26 Å². The molecule has 0 atom stereocenters. The van der Waals surface area contributed by atoms with Gasteiger partial charge < -0.3 is 10.8 Å². The van der Waals surface area contributed by atoms with Crippen molar-refractivity contribution in [1.29, 1.82) is 5.26 Å². The molecule has 0 amide bonds. The molecule has 26 heavy (non-hydrogen) atoms. The fraction of sp³-hybridized carbons (Fsp3) is 0.111. The summed E-state index contributed by atoms with van der Waals surface area (Å²) in [6.45, 7) is 0. The highest BCUT2D eigenvalue weighted by atomic mass is 32.2. The number of nitriles is 1. The van der Waals surface area contributed by atoms with Crippen LogP contribution in [0.15, 0.2) is 46.9 Å². The van der Waals surface area contributed by atoms with Crippen LogP contribution in [0.3, 0.4) is 0 Å². The van der Waals surface area contributed by atoms with E-state index in [9.17, 15) is 10.1 Å². The van der Waals surface area contributed by atoms with Gasteiger partial charge in [-0.05, 0) is 22.6 Å². The van der Waals surface area contributed by atoms with Crippen LogP contribution in [0.2, 0.25) is 0 Å². The Labute approximate surface area is 158 Å². The first-order chi connectivity index (χ1) is 12.6. The van der Waals surface area contributed by atoms with Gasteiger partial charge in [0.1, 0.15) is 23.1 Å². The molecule has 3 rings (SSSR count). The van der Waals surface area contributed by atoms with E-state index in [2.05, 4.69) is 16.0 Å². The molecule has 1 aromatic carbocycles. The number of carbonyl (C=O) groups is 1. The number of aliphatic carboxylic acids is 1. The molecule has 8 heteroatoms. The number of nitrogens with two attached hydrogens (primary N) is 1. The predicted molar refractivity (Wildman–Crippen MR) is 102 cm³/mol. The topological polar surface area (TPSA) is 113 Å². The number of hydrogen-bond acceptors (Lipinski definition) is 7. The lowest BCUT2D eigenvalue weighted by Gasteiger charge is -2.08. The van der Waals surface area contributed by atoms with Gasteiger partial charge in [-0.1, -0.05) is 42.1 Å². The number of anilines is 1. The molecule has 0 saturated heterocycles. The SMILES string of the molecule is N#Cc1c(N)nc(SCc2cccc(CC(=O)O)c2)nc1-c1cccs1. The van der Waals surface area contributed by atoms with Crippen LogP contribution in [0.1, 0.15) is 16.7 Å². The monoisotopic (exact) mass is 382 g/mol. The third kappa shape index (κ3) is 4.20. The second-order valence-corrected chi connectivity index (χ2v) is 7.27. The number of nitrogens with zero attached hydrogens (tertiary/aromatic N) is 3. The summed E-state index contributed by atoms with van der Waals surface area (Å²) in [4.78, 5) is 20.4. The van der Waals surface area contributed by atoms with Gasteiger partial charge in [-0.15, -0.1) is 11.3 Å². The van der Waals surface area contributed by atoms with Gasteiger partial charge in [0, 0.05) is 5.75 Å². The zero-order valence-electron chi connectivity index (χ0n) is 13.5. The number of rotatable bonds is 6. The van der Waals surface area contributed by atoms with Crippen LogP contribution in [0.5, 0.6) is 0 Å². The number of carboxylic acid groups (broad SMARTS) is 1. The van der Waals surface area contributed by atoms with E-state index >= 15 is 0 Å². The van der Waals surface area contributed by atoms with Crippen molar-refractivity contribution in [2.75, 3.05) is 5.73 Å². The van der Waals surface area contributed by atoms with Crippen LogP contribution in [-0.4, -0.2) is 21.0 Å². The highest BCUT2D eigenvalue weighted by Crippen LogP contribution is 2.31. The normalized spacial score (nSPS) is 10.4. The molecule has 2 heterocycles. The number of thiophene rings is 1. The number of hydrogen-bond donors (Lipinski definition) is 2. The maximum absolute atomic E-state index is 10.8. The standard InChI is InChI=1S/C18H14N4O2S2/c19-9-13-16(14-5-2-6-25-14)21-18(22-17(13)20)26-10-12-4-1-3-11(7-12)8-15(23)24/h1-7H,8,10H2,(H,23,24)(H2,20,21,22). The van der Waals surface area contributed by atoms with Crippen molar-refractivity contribution in [3.05, 3.63) is 58.5 Å². The summed E-state index contributed by atoms with van der Waals surface area (Å²) in [5.74, 6) is -0.130. The third-order valence-corrected chi connectivity index (χ3v) is 5.29. The number of nitrogen functional groups attached to an aromatic ring is 1. The molecule has 0 spiro atoms. The maximum atomic E-state index is 10.8. The Morgan fingerprint density at radius 1 is 1.27 bits per heavy atom. The van der Waals surface area contributed by atoms with Crippen LogP contribution in [-0.2, 0) is 17.0 Å². The average molecular weight is 382 g/mol. The van der Waals surface area contributed by atoms with Gasteiger partial charge in [-0.25, -0.2) is 9.97 Å². The Hall–Kier alpha value is -2.89. The van der Waals surface area contributed by atoms with Gasteiger partial charge in [0.2, 0.25) is 0 Å². The molecule has 0 aliphatic carbocycles. The van der Waals surface area contributed by atoms with Gasteiger partial charge in [0.15, 0.2) is 5.16 Å². The third-order valence-electron chi connectivity index (χ3n) is 3.50. The Morgan fingerprint density at radius 3 is 2.77 bits per heavy atom. The zero-order valence-corrected chi connectivity index (χ0v) is 15.2. The van der Waals surface area contributed by atoms with E-state index in [1.165, 1.54) is 23.1 Å². The average Bonchev–Trinajstić information content (AvgIpc) is 3.14. The smallest absolute Gasteiger partial charge is 0.307 e. The van der Waals surface area contributed by atoms with Crippen molar-refractivity contribution in [2.45, 2.75) is 17.3 Å². The minimum absolute atomic E-state index is 0.0126. The van der Waals surface area contributed by atoms with Gasteiger partial charge in [0.25, 0.3) is 0 Å². The Bertz CT molecular complexity index is 981. The van der Waals surface area contributed by atoms with Crippen molar-refractivity contribution >= 4 is 34.9 Å². The summed E-state index contributed by atoms with van der Waals surface area (Å²) in [7, 11) is 0. The molecular formula is C18H14N4O2S2. The van der Waals surface area contributed by atoms with E-state index in [4.69, 9.17) is 10.8 Å². The molecule has 0 fully saturated rings. The van der Waals surface area contributed by atoms with E-state index in [0.29, 0.717) is 16.6 Å². The first kappa shape index (κ1) is 17.9. The van der Waals surface area contributed by atoms with Crippen molar-refractivity contribution in [3.8, 4) is 16.6 Å². The second-order valence-electron chi connectivity index (χ2n) is 5.38. The number of aromatic nitrogens is 2. The van der Waals surface area contributed by atoms with Crippen LogP contribution in [0.4, 0.5) is 5.82 Å². The van der Waals surface area contributed by atoms with Gasteiger partial charge >= 0.3 is 5.97 Å². The molecule has 3 aromatic rings. The van der Waals surface area contributed by atoms with Crippen LogP contribution < -0.4 is 5.73 Å². The molecule has 2 aromatic heterocycles. The molecule has 0 saturated carbocycles. The summed E-state index contributed by atoms with van der Waals surface area (Å²) in [6.07, 6.45) is -0.0126. The van der Waals surface area contributed by atoms with Gasteiger partial charge in [-0.3, -0.25) is 4.79 Å². The number of carboxylic acids is 1. The molecule has 0 aliphatic rings. The quantitative estimate of drug-likeness (QED) is 0.495. The van der Waals surface area contributed by atoms with Crippen LogP contribution >= 0.6 is 23.1 Å². The highest BCUT2D eigenvalue weighted by Gasteiger charge is 2.15. The lowest BCUT2D eigenvalue weighted by molar-refractivity contribution is -0.136. The fourth-order valence-electron chi connectivity index (χ4n) is 2.38. The number of benzene rings is 1. The van der Waals surface area contributed by atoms with Crippen LogP contribution in [0.25, 0.3) is 10.6 Å². The molecule has 130 valence electrons. The summed E-state index contributed by atoms with van der Waals surface area (Å²) in [5.41, 5.74) is 8.47. The maximum Gasteiger partial charge on any atom is 0.307 e. The zero-order chi connectivity index (χ0) is 18.5. The highest BCUT2D eigenvalue weighted by molar-refractivity contribution is 7.98. The fourth-order valence-corrected chi connectivity index (χ4v) is 3.89. The lowest BCUT2D eigenvalue weighted by atomic mass is 10.1. The summed E-state index contributed by atoms with van der Waals surface area (Å²) in [5, 5.41) is 20.6. The predicted octanol–water partition coefficient (Wildman–Crippen LogP) is 3.58. The first-order valence-corrected chi connectivity index (χ1v) is 9.47. The molecular weight excluding hydrogens is 368 g/mol. The molecule has 3 N–H and O–H groups in total. The van der Waals surface area contributed by atoms with Crippen molar-refractivity contribution in [1.82, 2.24) is 9.97 Å². The second kappa shape index (κ2) is 7.99. The lowest BCUT2D eigenvalue weighted by Crippen LogP contribution is -2.02. The summed E-state index contributed by atoms with van der Waals surface area (Å²) < 4.78 is 0. The Morgan fingerprint density at radius 2 is 2.08 bits per heavy atom. The minimum atomic E-state index is -0.862. The van der Waals surface area contributed by atoms with Gasteiger partial charge in [0.05, 0.1) is 11.3 Å². The summed E-state index contributed by atoms with van der Waals surface area (Å²) in [6, 6.07) is 13.2. The molecule has 0 bridgehead atoms. The number of thioether (sulfide) groups is 1. The van der Waals surface area contributed by atoms with Crippen LogP contribution in [0, 0.1) is 11.3 Å². The molecule has 0 radical (unpaired) electrons. The molecule has 6 nitrogen and oxygen atoms in total. The largest absolute Gasteiger partial charge is 0.481 e.